The molecule has 3 rings (SSSR count). The molecule has 2 aliphatic rings. The number of nitrogens with two attached hydrogens (primary N) is 2. The van der Waals surface area contributed by atoms with Crippen LogP contribution in [0.2, 0.25) is 0 Å². The van der Waals surface area contributed by atoms with Gasteiger partial charge in [0.1, 0.15) is 0 Å². The third kappa shape index (κ3) is 2.05. The highest BCUT2D eigenvalue weighted by Gasteiger charge is 2.49. The van der Waals surface area contributed by atoms with Gasteiger partial charge in [0.2, 0.25) is 0 Å². The minimum absolute atomic E-state index is 0. The van der Waals surface area contributed by atoms with Crippen LogP contribution in [-0.4, -0.2) is 6.54 Å². The number of fused-ring (bicyclic) bond motifs is 3. The van der Waals surface area contributed by atoms with Crippen LogP contribution in [0.15, 0.2) is 24.3 Å². The molecule has 102 valence electrons. The Hall–Kier alpha value is -0.280. The zero-order chi connectivity index (χ0) is 11.2. The average Bonchev–Trinajstić information content (AvgIpc) is 2.62. The van der Waals surface area contributed by atoms with E-state index < -0.39 is 0 Å². The molecule has 3 unspecified atom stereocenters. The van der Waals surface area contributed by atoms with Gasteiger partial charge in [-0.05, 0) is 48.8 Å². The van der Waals surface area contributed by atoms with Crippen molar-refractivity contribution in [3.05, 3.63) is 35.4 Å². The van der Waals surface area contributed by atoms with Crippen LogP contribution in [0, 0.1) is 11.8 Å². The molecule has 1 aromatic carbocycles. The third-order valence-electron chi connectivity index (χ3n) is 4.69. The molecule has 0 radical (unpaired) electrons. The van der Waals surface area contributed by atoms with Crippen molar-refractivity contribution in [3.8, 4) is 0 Å². The summed E-state index contributed by atoms with van der Waals surface area (Å²) in [5, 5.41) is 0. The monoisotopic (exact) mass is 288 g/mol. The lowest BCUT2D eigenvalue weighted by atomic mass is 9.66. The molecule has 0 bridgehead atoms. The molecule has 0 saturated heterocycles. The van der Waals surface area contributed by atoms with Gasteiger partial charge < -0.3 is 11.5 Å². The first-order chi connectivity index (χ1) is 7.76. The van der Waals surface area contributed by atoms with Gasteiger partial charge in [-0.3, -0.25) is 0 Å². The largest absolute Gasteiger partial charge is 0.330 e. The molecule has 1 aromatic rings. The van der Waals surface area contributed by atoms with E-state index in [4.69, 9.17) is 11.5 Å². The average molecular weight is 289 g/mol. The van der Waals surface area contributed by atoms with Crippen LogP contribution >= 0.6 is 24.8 Å². The number of benzene rings is 1. The lowest BCUT2D eigenvalue weighted by molar-refractivity contribution is 0.131. The Morgan fingerprint density at radius 2 is 1.89 bits per heavy atom. The van der Waals surface area contributed by atoms with E-state index in [1.165, 1.54) is 30.4 Å². The maximum Gasteiger partial charge on any atom is 0.0484 e. The van der Waals surface area contributed by atoms with Crippen molar-refractivity contribution in [1.29, 1.82) is 0 Å². The summed E-state index contributed by atoms with van der Waals surface area (Å²) in [4.78, 5) is 0. The van der Waals surface area contributed by atoms with Crippen molar-refractivity contribution in [3.63, 3.8) is 0 Å². The number of rotatable bonds is 1. The van der Waals surface area contributed by atoms with Crippen LogP contribution in [0.3, 0.4) is 0 Å². The molecule has 0 aromatic heterocycles. The Morgan fingerprint density at radius 3 is 2.61 bits per heavy atom. The second-order valence-electron chi connectivity index (χ2n) is 5.35. The Bertz CT molecular complexity index is 403. The van der Waals surface area contributed by atoms with Crippen LogP contribution in [-0.2, 0) is 12.0 Å². The van der Waals surface area contributed by atoms with Crippen LogP contribution < -0.4 is 11.5 Å². The summed E-state index contributed by atoms with van der Waals surface area (Å²) in [6.07, 6.45) is 4.90. The fourth-order valence-electron chi connectivity index (χ4n) is 3.83. The van der Waals surface area contributed by atoms with Crippen LogP contribution in [0.25, 0.3) is 0 Å². The van der Waals surface area contributed by atoms with Gasteiger partial charge in [-0.1, -0.05) is 30.7 Å². The molecule has 4 heteroatoms. The summed E-state index contributed by atoms with van der Waals surface area (Å²) >= 11 is 0. The van der Waals surface area contributed by atoms with E-state index in [1.807, 2.05) is 0 Å². The minimum Gasteiger partial charge on any atom is -0.330 e. The third-order valence-corrected chi connectivity index (χ3v) is 4.69. The first-order valence-electron chi connectivity index (χ1n) is 6.34. The van der Waals surface area contributed by atoms with Crippen LogP contribution in [0.1, 0.15) is 30.4 Å². The van der Waals surface area contributed by atoms with Crippen molar-refractivity contribution in [2.75, 3.05) is 6.54 Å². The van der Waals surface area contributed by atoms with Gasteiger partial charge in [0.25, 0.3) is 0 Å². The highest BCUT2D eigenvalue weighted by Crippen LogP contribution is 2.50. The standard InChI is InChI=1S/C14H20N2.2ClH/c15-9-12-6-3-5-11-8-10-4-1-2-7-13(10)14(11,12)16;;/h1-2,4,7,11-12H,3,5-6,8-9,15-16H2;2*1H. The zero-order valence-electron chi connectivity index (χ0n) is 10.5. The van der Waals surface area contributed by atoms with Crippen molar-refractivity contribution < 1.29 is 0 Å². The van der Waals surface area contributed by atoms with Gasteiger partial charge in [0.15, 0.2) is 0 Å². The summed E-state index contributed by atoms with van der Waals surface area (Å²) in [5.74, 6) is 1.09. The van der Waals surface area contributed by atoms with Gasteiger partial charge in [-0.25, -0.2) is 0 Å². The molecule has 2 aliphatic carbocycles. The van der Waals surface area contributed by atoms with Gasteiger partial charge in [0, 0.05) is 5.54 Å². The molecular formula is C14H22Cl2N2. The quantitative estimate of drug-likeness (QED) is 0.835. The number of hydrogen-bond donors (Lipinski definition) is 2. The molecule has 0 aliphatic heterocycles. The molecule has 1 fully saturated rings. The summed E-state index contributed by atoms with van der Waals surface area (Å²) in [6, 6.07) is 8.67. The van der Waals surface area contributed by atoms with E-state index in [-0.39, 0.29) is 30.4 Å². The number of halogens is 2. The second kappa shape index (κ2) is 5.79. The molecule has 2 nitrogen and oxygen atoms in total. The summed E-state index contributed by atoms with van der Waals surface area (Å²) < 4.78 is 0. The molecule has 0 heterocycles. The maximum atomic E-state index is 6.75. The Labute approximate surface area is 121 Å². The lowest BCUT2D eigenvalue weighted by Crippen LogP contribution is -2.52. The molecule has 18 heavy (non-hydrogen) atoms. The fraction of sp³-hybridized carbons (Fsp3) is 0.571. The topological polar surface area (TPSA) is 52.0 Å². The zero-order valence-corrected chi connectivity index (χ0v) is 12.1. The van der Waals surface area contributed by atoms with Gasteiger partial charge >= 0.3 is 0 Å². The fourth-order valence-corrected chi connectivity index (χ4v) is 3.83. The van der Waals surface area contributed by atoms with Crippen LogP contribution in [0.4, 0.5) is 0 Å². The van der Waals surface area contributed by atoms with E-state index in [9.17, 15) is 0 Å². The predicted octanol–water partition coefficient (Wildman–Crippen LogP) is 2.62. The summed E-state index contributed by atoms with van der Waals surface area (Å²) in [6.45, 7) is 0.724. The summed E-state index contributed by atoms with van der Waals surface area (Å²) in [7, 11) is 0. The Kier molecular flexibility index (Phi) is 5.07. The van der Waals surface area contributed by atoms with Crippen molar-refractivity contribution in [1.82, 2.24) is 0 Å². The van der Waals surface area contributed by atoms with Crippen molar-refractivity contribution in [2.24, 2.45) is 23.3 Å². The Balaban J connectivity index is 0.000000810. The molecular weight excluding hydrogens is 267 g/mol. The van der Waals surface area contributed by atoms with E-state index in [0.717, 1.165) is 13.0 Å². The van der Waals surface area contributed by atoms with Gasteiger partial charge in [-0.2, -0.15) is 0 Å². The first kappa shape index (κ1) is 15.8. The van der Waals surface area contributed by atoms with E-state index in [2.05, 4.69) is 24.3 Å². The molecule has 0 amide bonds. The SMILES string of the molecule is Cl.Cl.NCC1CCCC2Cc3ccccc3C12N. The summed E-state index contributed by atoms with van der Waals surface area (Å²) in [5.41, 5.74) is 15.4. The Morgan fingerprint density at radius 1 is 1.17 bits per heavy atom. The molecule has 4 N–H and O–H groups in total. The van der Waals surface area contributed by atoms with E-state index in [0.29, 0.717) is 11.8 Å². The van der Waals surface area contributed by atoms with E-state index >= 15 is 0 Å². The maximum absolute atomic E-state index is 6.75. The highest BCUT2D eigenvalue weighted by molar-refractivity contribution is 5.85. The smallest absolute Gasteiger partial charge is 0.0484 e. The minimum atomic E-state index is -0.135. The molecule has 0 spiro atoms. The van der Waals surface area contributed by atoms with Crippen molar-refractivity contribution >= 4 is 24.8 Å². The van der Waals surface area contributed by atoms with E-state index in [1.54, 1.807) is 0 Å². The predicted molar refractivity (Wildman–Crippen MR) is 80.4 cm³/mol. The number of hydrogen-bond acceptors (Lipinski definition) is 2. The lowest BCUT2D eigenvalue weighted by Gasteiger charge is -2.43. The van der Waals surface area contributed by atoms with Crippen LogP contribution in [0.5, 0.6) is 0 Å². The van der Waals surface area contributed by atoms with Crippen molar-refractivity contribution in [2.45, 2.75) is 31.2 Å². The molecule has 1 saturated carbocycles. The van der Waals surface area contributed by atoms with Gasteiger partial charge in [0.05, 0.1) is 0 Å². The normalized spacial score (nSPS) is 32.8. The second-order valence-corrected chi connectivity index (χ2v) is 5.35. The molecule has 3 atom stereocenters. The highest BCUT2D eigenvalue weighted by atomic mass is 35.5. The van der Waals surface area contributed by atoms with Gasteiger partial charge in [-0.15, -0.1) is 24.8 Å². The first-order valence-corrected chi connectivity index (χ1v) is 6.34.